The molecule has 0 aromatic heterocycles. The van der Waals surface area contributed by atoms with Gasteiger partial charge in [-0.2, -0.15) is 0 Å². The summed E-state index contributed by atoms with van der Waals surface area (Å²) in [7, 11) is 0. The number of rotatable bonds is 1. The Balaban J connectivity index is 1.62. The third-order valence-electron chi connectivity index (χ3n) is 6.31. The van der Waals surface area contributed by atoms with Crippen molar-refractivity contribution in [2.24, 2.45) is 0 Å². The SMILES string of the molecule is Fc1c(F)c(F)c(N2c3cccc4c3B3c5c(cccc5Oc5cccc2c53)O4)c(F)c1F. The summed E-state index contributed by atoms with van der Waals surface area (Å²) in [5.41, 5.74) is 1.32. The zero-order valence-corrected chi connectivity index (χ0v) is 16.4. The molecule has 0 saturated heterocycles. The summed E-state index contributed by atoms with van der Waals surface area (Å²) in [5, 5.41) is 0. The van der Waals surface area contributed by atoms with Gasteiger partial charge in [0.2, 0.25) is 5.82 Å². The van der Waals surface area contributed by atoms with Crippen molar-refractivity contribution in [2.75, 3.05) is 4.90 Å². The maximum atomic E-state index is 15.0. The lowest BCUT2D eigenvalue weighted by molar-refractivity contribution is 0.380. The van der Waals surface area contributed by atoms with E-state index in [1.807, 2.05) is 0 Å². The average Bonchev–Trinajstić information content (AvgIpc) is 2.83. The lowest BCUT2D eigenvalue weighted by Gasteiger charge is -2.42. The van der Waals surface area contributed by atoms with E-state index < -0.39 is 41.5 Å². The van der Waals surface area contributed by atoms with Crippen LogP contribution in [0.1, 0.15) is 0 Å². The van der Waals surface area contributed by atoms with Crippen molar-refractivity contribution in [2.45, 2.75) is 0 Å². The number of anilines is 3. The molecule has 0 bridgehead atoms. The molecule has 0 fully saturated rings. The summed E-state index contributed by atoms with van der Waals surface area (Å²) in [6.07, 6.45) is 0. The summed E-state index contributed by atoms with van der Waals surface area (Å²) in [6, 6.07) is 15.1. The smallest absolute Gasteiger partial charge is 0.266 e. The minimum absolute atomic E-state index is 0.257. The van der Waals surface area contributed by atoms with Gasteiger partial charge in [-0.05, 0) is 47.3 Å². The summed E-state index contributed by atoms with van der Waals surface area (Å²) < 4.78 is 84.3. The molecule has 0 saturated carbocycles. The molecule has 33 heavy (non-hydrogen) atoms. The molecule has 3 aliphatic heterocycles. The molecular weight excluding hydrogens is 440 g/mol. The Morgan fingerprint density at radius 2 is 0.909 bits per heavy atom. The topological polar surface area (TPSA) is 21.7 Å². The first kappa shape index (κ1) is 18.6. The van der Waals surface area contributed by atoms with Crippen molar-refractivity contribution in [1.82, 2.24) is 0 Å². The molecule has 3 nitrogen and oxygen atoms in total. The zero-order valence-electron chi connectivity index (χ0n) is 16.4. The molecule has 3 heterocycles. The Morgan fingerprint density at radius 1 is 0.515 bits per heavy atom. The highest BCUT2D eigenvalue weighted by Gasteiger charge is 2.48. The van der Waals surface area contributed by atoms with Gasteiger partial charge >= 0.3 is 0 Å². The molecule has 0 atom stereocenters. The lowest BCUT2D eigenvalue weighted by atomic mass is 9.33. The fraction of sp³-hybridized carbons (Fsp3) is 0. The molecule has 160 valence electrons. The Hall–Kier alpha value is -4.01. The number of hydrogen-bond donors (Lipinski definition) is 0. The molecule has 0 spiro atoms. The van der Waals surface area contributed by atoms with Crippen LogP contribution in [0.3, 0.4) is 0 Å². The molecule has 7 rings (SSSR count). The van der Waals surface area contributed by atoms with Gasteiger partial charge in [0.25, 0.3) is 6.71 Å². The molecule has 0 aliphatic carbocycles. The first-order valence-corrected chi connectivity index (χ1v) is 10.0. The van der Waals surface area contributed by atoms with Gasteiger partial charge in [0, 0.05) is 16.8 Å². The summed E-state index contributed by atoms with van der Waals surface area (Å²) in [5.74, 6) is -8.07. The first-order valence-electron chi connectivity index (χ1n) is 10.0. The van der Waals surface area contributed by atoms with E-state index >= 15 is 0 Å². The Labute approximate surface area is 183 Å². The van der Waals surface area contributed by atoms with E-state index in [0.717, 1.165) is 10.4 Å². The van der Waals surface area contributed by atoms with Crippen molar-refractivity contribution in [3.8, 4) is 23.0 Å². The number of nitrogens with zero attached hydrogens (tertiary/aromatic N) is 1. The standard InChI is InChI=1S/C24H9BF5NO2/c26-19-20(27)22(29)24(23(30)21(19)28)31-10-4-1-6-12-16(10)25-17-11(31)5-2-7-13(17)33-15-9-3-8-14(32-12)18(15)25/h1-9H. The Morgan fingerprint density at radius 3 is 1.39 bits per heavy atom. The van der Waals surface area contributed by atoms with Crippen molar-refractivity contribution in [3.05, 3.63) is 83.7 Å². The van der Waals surface area contributed by atoms with Gasteiger partial charge in [0.05, 0.1) is 0 Å². The highest BCUT2D eigenvalue weighted by molar-refractivity contribution is 7.00. The maximum absolute atomic E-state index is 15.0. The van der Waals surface area contributed by atoms with Crippen molar-refractivity contribution in [3.63, 3.8) is 0 Å². The second kappa shape index (κ2) is 6.07. The van der Waals surface area contributed by atoms with E-state index in [9.17, 15) is 22.0 Å². The van der Waals surface area contributed by atoms with Crippen LogP contribution in [0.25, 0.3) is 0 Å². The highest BCUT2D eigenvalue weighted by Crippen LogP contribution is 2.46. The van der Waals surface area contributed by atoms with Crippen LogP contribution in [-0.4, -0.2) is 6.71 Å². The van der Waals surface area contributed by atoms with Gasteiger partial charge in [-0.25, -0.2) is 22.0 Å². The monoisotopic (exact) mass is 449 g/mol. The number of benzene rings is 4. The predicted octanol–water partition coefficient (Wildman–Crippen LogP) is 4.89. The van der Waals surface area contributed by atoms with Gasteiger partial charge in [-0.3, -0.25) is 0 Å². The van der Waals surface area contributed by atoms with Crippen LogP contribution in [0, 0.1) is 29.1 Å². The van der Waals surface area contributed by atoms with Crippen LogP contribution in [0.4, 0.5) is 39.0 Å². The maximum Gasteiger partial charge on any atom is 0.266 e. The van der Waals surface area contributed by atoms with Crippen molar-refractivity contribution < 1.29 is 31.4 Å². The third kappa shape index (κ3) is 2.14. The van der Waals surface area contributed by atoms with Crippen LogP contribution in [0.5, 0.6) is 23.0 Å². The van der Waals surface area contributed by atoms with Gasteiger partial charge in [0.15, 0.2) is 23.3 Å². The van der Waals surface area contributed by atoms with Gasteiger partial charge in [-0.15, -0.1) is 0 Å². The molecular formula is C24H9BF5NO2. The summed E-state index contributed by atoms with van der Waals surface area (Å²) in [6.45, 7) is -0.395. The molecule has 0 amide bonds. The molecule has 0 N–H and O–H groups in total. The number of hydrogen-bond acceptors (Lipinski definition) is 3. The molecule has 0 unspecified atom stereocenters. The number of ether oxygens (including phenoxy) is 2. The molecule has 9 heteroatoms. The van der Waals surface area contributed by atoms with Crippen LogP contribution in [0.15, 0.2) is 54.6 Å². The normalized spacial score (nSPS) is 14.0. The number of halogens is 5. The second-order valence-electron chi connectivity index (χ2n) is 7.94. The van der Waals surface area contributed by atoms with E-state index in [1.54, 1.807) is 54.6 Å². The van der Waals surface area contributed by atoms with Crippen LogP contribution in [0.2, 0.25) is 0 Å². The van der Waals surface area contributed by atoms with E-state index in [0.29, 0.717) is 33.9 Å². The average molecular weight is 449 g/mol. The predicted molar refractivity (Wildman–Crippen MR) is 112 cm³/mol. The van der Waals surface area contributed by atoms with E-state index in [-0.39, 0.29) is 11.4 Å². The van der Waals surface area contributed by atoms with Gasteiger partial charge in [-0.1, -0.05) is 18.2 Å². The second-order valence-corrected chi connectivity index (χ2v) is 7.94. The molecule has 0 radical (unpaired) electrons. The minimum atomic E-state index is -2.21. The van der Waals surface area contributed by atoms with E-state index in [4.69, 9.17) is 9.47 Å². The van der Waals surface area contributed by atoms with Crippen LogP contribution in [-0.2, 0) is 0 Å². The van der Waals surface area contributed by atoms with E-state index in [2.05, 4.69) is 0 Å². The minimum Gasteiger partial charge on any atom is -0.458 e. The molecule has 4 aromatic rings. The fourth-order valence-electron chi connectivity index (χ4n) is 5.03. The molecule has 3 aliphatic rings. The fourth-order valence-corrected chi connectivity index (χ4v) is 5.03. The van der Waals surface area contributed by atoms with Gasteiger partial charge in [0.1, 0.15) is 28.7 Å². The first-order chi connectivity index (χ1) is 16.0. The van der Waals surface area contributed by atoms with Crippen molar-refractivity contribution >= 4 is 40.2 Å². The quantitative estimate of drug-likeness (QED) is 0.154. The van der Waals surface area contributed by atoms with Crippen LogP contribution < -0.4 is 30.8 Å². The lowest BCUT2D eigenvalue weighted by Crippen LogP contribution is -2.61. The van der Waals surface area contributed by atoms with Crippen molar-refractivity contribution in [1.29, 1.82) is 0 Å². The van der Waals surface area contributed by atoms with Crippen LogP contribution >= 0.6 is 0 Å². The van der Waals surface area contributed by atoms with E-state index in [1.165, 1.54) is 0 Å². The summed E-state index contributed by atoms with van der Waals surface area (Å²) in [4.78, 5) is 1.05. The summed E-state index contributed by atoms with van der Waals surface area (Å²) >= 11 is 0. The Bertz CT molecular complexity index is 1450. The Kier molecular flexibility index (Phi) is 3.41. The zero-order chi connectivity index (χ0) is 22.6. The largest absolute Gasteiger partial charge is 0.458 e. The third-order valence-corrected chi connectivity index (χ3v) is 6.31. The molecule has 4 aromatic carbocycles. The highest BCUT2D eigenvalue weighted by atomic mass is 19.2. The van der Waals surface area contributed by atoms with Gasteiger partial charge < -0.3 is 14.4 Å².